The summed E-state index contributed by atoms with van der Waals surface area (Å²) in [5.41, 5.74) is 2.66. The average Bonchev–Trinajstić information content (AvgIpc) is 2.60. The van der Waals surface area contributed by atoms with Crippen LogP contribution in [0.3, 0.4) is 0 Å². The van der Waals surface area contributed by atoms with E-state index in [9.17, 15) is 0 Å². The molecule has 0 amide bonds. The lowest BCUT2D eigenvalue weighted by atomic mass is 10.00. The molecule has 0 fully saturated rings. The summed E-state index contributed by atoms with van der Waals surface area (Å²) < 4.78 is 10.7. The summed E-state index contributed by atoms with van der Waals surface area (Å²) in [4.78, 5) is 0. The molecular formula is C21H36O3. The summed E-state index contributed by atoms with van der Waals surface area (Å²) in [5, 5.41) is 8.73. The van der Waals surface area contributed by atoms with Crippen molar-refractivity contribution in [3.63, 3.8) is 0 Å². The highest BCUT2D eigenvalue weighted by Gasteiger charge is 2.08. The number of aliphatic hydroxyl groups is 1. The second-order valence-electron chi connectivity index (χ2n) is 6.64. The molecule has 0 heterocycles. The first-order valence-corrected chi connectivity index (χ1v) is 9.55. The molecule has 3 heteroatoms. The van der Waals surface area contributed by atoms with E-state index in [-0.39, 0.29) is 0 Å². The van der Waals surface area contributed by atoms with Gasteiger partial charge in [-0.15, -0.1) is 0 Å². The Hall–Kier alpha value is -1.22. The predicted molar refractivity (Wildman–Crippen MR) is 101 cm³/mol. The van der Waals surface area contributed by atoms with Crippen LogP contribution in [0.4, 0.5) is 0 Å². The van der Waals surface area contributed by atoms with Gasteiger partial charge >= 0.3 is 0 Å². The highest BCUT2D eigenvalue weighted by atomic mass is 16.5. The summed E-state index contributed by atoms with van der Waals surface area (Å²) in [7, 11) is 3.38. The quantitative estimate of drug-likeness (QED) is 0.459. The first-order valence-electron chi connectivity index (χ1n) is 9.55. The minimum atomic E-state index is 0.347. The van der Waals surface area contributed by atoms with Gasteiger partial charge in [0.1, 0.15) is 0 Å². The SMILES string of the molecule is COc1cc(C)c(CCCCCCCCCCCCO)cc1OC. The number of methoxy groups -OCH3 is 2. The molecular weight excluding hydrogens is 300 g/mol. The number of hydrogen-bond donors (Lipinski definition) is 1. The van der Waals surface area contributed by atoms with E-state index in [0.29, 0.717) is 6.61 Å². The van der Waals surface area contributed by atoms with Gasteiger partial charge in [0, 0.05) is 6.61 Å². The maximum absolute atomic E-state index is 8.73. The van der Waals surface area contributed by atoms with Crippen molar-refractivity contribution in [1.29, 1.82) is 0 Å². The van der Waals surface area contributed by atoms with Crippen LogP contribution < -0.4 is 9.47 Å². The summed E-state index contributed by atoms with van der Waals surface area (Å²) in [5.74, 6) is 1.65. The van der Waals surface area contributed by atoms with E-state index in [4.69, 9.17) is 14.6 Å². The Morgan fingerprint density at radius 1 is 0.708 bits per heavy atom. The number of rotatable bonds is 14. The molecule has 1 aromatic rings. The second-order valence-corrected chi connectivity index (χ2v) is 6.64. The normalized spacial score (nSPS) is 10.8. The minimum Gasteiger partial charge on any atom is -0.493 e. The number of hydrogen-bond acceptors (Lipinski definition) is 3. The molecule has 0 spiro atoms. The molecule has 138 valence electrons. The minimum absolute atomic E-state index is 0.347. The summed E-state index contributed by atoms with van der Waals surface area (Å²) in [6, 6.07) is 4.20. The van der Waals surface area contributed by atoms with Crippen molar-refractivity contribution in [2.24, 2.45) is 0 Å². The van der Waals surface area contributed by atoms with Crippen molar-refractivity contribution >= 4 is 0 Å². The fraction of sp³-hybridized carbons (Fsp3) is 0.714. The van der Waals surface area contributed by atoms with Gasteiger partial charge < -0.3 is 14.6 Å². The lowest BCUT2D eigenvalue weighted by Crippen LogP contribution is -1.96. The van der Waals surface area contributed by atoms with E-state index in [2.05, 4.69) is 19.1 Å². The monoisotopic (exact) mass is 336 g/mol. The molecule has 3 nitrogen and oxygen atoms in total. The molecule has 0 aliphatic heterocycles. The molecule has 1 N–H and O–H groups in total. The van der Waals surface area contributed by atoms with Crippen molar-refractivity contribution in [2.45, 2.75) is 77.6 Å². The molecule has 24 heavy (non-hydrogen) atoms. The third-order valence-electron chi connectivity index (χ3n) is 4.70. The molecule has 0 radical (unpaired) electrons. The second kappa shape index (κ2) is 13.1. The molecule has 1 aromatic carbocycles. The van der Waals surface area contributed by atoms with Crippen molar-refractivity contribution in [1.82, 2.24) is 0 Å². The van der Waals surface area contributed by atoms with E-state index in [0.717, 1.165) is 24.3 Å². The van der Waals surface area contributed by atoms with Gasteiger partial charge in [0.05, 0.1) is 14.2 Å². The molecule has 0 bridgehead atoms. The molecule has 0 atom stereocenters. The lowest BCUT2D eigenvalue weighted by Gasteiger charge is -2.12. The van der Waals surface area contributed by atoms with Gasteiger partial charge in [-0.05, 0) is 49.4 Å². The number of unbranched alkanes of at least 4 members (excludes halogenated alkanes) is 9. The molecule has 0 aromatic heterocycles. The van der Waals surface area contributed by atoms with Gasteiger partial charge in [-0.3, -0.25) is 0 Å². The van der Waals surface area contributed by atoms with E-state index in [1.54, 1.807) is 14.2 Å². The zero-order chi connectivity index (χ0) is 17.6. The molecule has 0 saturated carbocycles. The highest BCUT2D eigenvalue weighted by Crippen LogP contribution is 2.31. The third kappa shape index (κ3) is 8.05. The molecule has 0 aliphatic carbocycles. The van der Waals surface area contributed by atoms with Crippen LogP contribution in [0.1, 0.15) is 75.3 Å². The van der Waals surface area contributed by atoms with Gasteiger partial charge in [0.15, 0.2) is 11.5 Å². The van der Waals surface area contributed by atoms with Gasteiger partial charge in [0.2, 0.25) is 0 Å². The number of aliphatic hydroxyl groups excluding tert-OH is 1. The summed E-state index contributed by atoms with van der Waals surface area (Å²) in [6.07, 6.45) is 13.8. The topological polar surface area (TPSA) is 38.7 Å². The zero-order valence-corrected chi connectivity index (χ0v) is 15.9. The third-order valence-corrected chi connectivity index (χ3v) is 4.70. The summed E-state index contributed by atoms with van der Waals surface area (Å²) in [6.45, 7) is 2.49. The Balaban J connectivity index is 2.13. The van der Waals surface area contributed by atoms with Gasteiger partial charge in [0.25, 0.3) is 0 Å². The van der Waals surface area contributed by atoms with Crippen molar-refractivity contribution < 1.29 is 14.6 Å². The Bertz CT molecular complexity index is 443. The fourth-order valence-electron chi connectivity index (χ4n) is 3.13. The average molecular weight is 337 g/mol. The van der Waals surface area contributed by atoms with Crippen molar-refractivity contribution in [3.8, 4) is 11.5 Å². The predicted octanol–water partition coefficient (Wildman–Crippen LogP) is 5.45. The fourth-order valence-corrected chi connectivity index (χ4v) is 3.13. The Kier molecular flexibility index (Phi) is 11.4. The Morgan fingerprint density at radius 2 is 1.17 bits per heavy atom. The lowest BCUT2D eigenvalue weighted by molar-refractivity contribution is 0.282. The number of ether oxygens (including phenoxy) is 2. The van der Waals surface area contributed by atoms with Crippen LogP contribution in [0.5, 0.6) is 11.5 Å². The largest absolute Gasteiger partial charge is 0.493 e. The Morgan fingerprint density at radius 3 is 1.67 bits per heavy atom. The number of benzene rings is 1. The maximum Gasteiger partial charge on any atom is 0.161 e. The van der Waals surface area contributed by atoms with Crippen LogP contribution in [0.2, 0.25) is 0 Å². The van der Waals surface area contributed by atoms with Crippen LogP contribution in [-0.2, 0) is 6.42 Å². The van der Waals surface area contributed by atoms with E-state index in [1.807, 2.05) is 0 Å². The summed E-state index contributed by atoms with van der Waals surface area (Å²) >= 11 is 0. The van der Waals surface area contributed by atoms with E-state index in [1.165, 1.54) is 68.9 Å². The highest BCUT2D eigenvalue weighted by molar-refractivity contribution is 5.47. The van der Waals surface area contributed by atoms with Gasteiger partial charge in [-0.1, -0.05) is 51.4 Å². The Labute approximate surface area is 148 Å². The van der Waals surface area contributed by atoms with Crippen molar-refractivity contribution in [3.05, 3.63) is 23.3 Å². The first-order chi connectivity index (χ1) is 11.7. The van der Waals surface area contributed by atoms with Gasteiger partial charge in [-0.25, -0.2) is 0 Å². The van der Waals surface area contributed by atoms with Crippen LogP contribution >= 0.6 is 0 Å². The van der Waals surface area contributed by atoms with Crippen LogP contribution in [-0.4, -0.2) is 25.9 Å². The molecule has 0 saturated heterocycles. The zero-order valence-electron chi connectivity index (χ0n) is 15.9. The molecule has 0 aliphatic rings. The van der Waals surface area contributed by atoms with E-state index >= 15 is 0 Å². The van der Waals surface area contributed by atoms with Gasteiger partial charge in [-0.2, -0.15) is 0 Å². The first kappa shape index (κ1) is 20.8. The van der Waals surface area contributed by atoms with Crippen LogP contribution in [0.25, 0.3) is 0 Å². The van der Waals surface area contributed by atoms with Crippen LogP contribution in [0, 0.1) is 6.92 Å². The molecule has 1 rings (SSSR count). The van der Waals surface area contributed by atoms with Crippen LogP contribution in [0.15, 0.2) is 12.1 Å². The van der Waals surface area contributed by atoms with E-state index < -0.39 is 0 Å². The maximum atomic E-state index is 8.73. The van der Waals surface area contributed by atoms with Crippen molar-refractivity contribution in [2.75, 3.05) is 20.8 Å². The number of aryl methyl sites for hydroxylation is 2. The molecule has 0 unspecified atom stereocenters. The smallest absolute Gasteiger partial charge is 0.161 e. The standard InChI is InChI=1S/C21H36O3/c1-18-16-20(23-2)21(24-3)17-19(18)14-12-10-8-6-4-5-7-9-11-13-15-22/h16-17,22H,4-15H2,1-3H3.